The Balaban J connectivity index is 2.12. The molecule has 0 aliphatic carbocycles. The second-order valence-electron chi connectivity index (χ2n) is 9.34. The van der Waals surface area contributed by atoms with E-state index < -0.39 is 17.7 Å². The zero-order valence-electron chi connectivity index (χ0n) is 20.8. The predicted molar refractivity (Wildman–Crippen MR) is 132 cm³/mol. The Labute approximate surface area is 201 Å². The van der Waals surface area contributed by atoms with E-state index in [2.05, 4.69) is 0 Å². The second-order valence-corrected chi connectivity index (χ2v) is 9.34. The van der Waals surface area contributed by atoms with E-state index in [9.17, 15) is 19.8 Å². The molecule has 1 atom stereocenters. The first-order valence-corrected chi connectivity index (χ1v) is 11.5. The van der Waals surface area contributed by atoms with Gasteiger partial charge in [-0.2, -0.15) is 0 Å². The molecule has 182 valence electrons. The van der Waals surface area contributed by atoms with Crippen LogP contribution in [0.5, 0.6) is 11.5 Å². The second kappa shape index (κ2) is 10.3. The number of ketones is 1. The Kier molecular flexibility index (Phi) is 7.67. The molecule has 3 rings (SSSR count). The van der Waals surface area contributed by atoms with Crippen LogP contribution in [0.15, 0.2) is 42.0 Å². The number of phenols is 1. The van der Waals surface area contributed by atoms with E-state index in [4.69, 9.17) is 4.74 Å². The molecule has 0 unspecified atom stereocenters. The quantitative estimate of drug-likeness (QED) is 0.345. The van der Waals surface area contributed by atoms with Gasteiger partial charge in [-0.25, -0.2) is 0 Å². The number of benzene rings is 2. The predicted octanol–water partition coefficient (Wildman–Crippen LogP) is 4.17. The number of aromatic hydroxyl groups is 1. The van der Waals surface area contributed by atoms with Gasteiger partial charge < -0.3 is 24.7 Å². The van der Waals surface area contributed by atoms with Crippen molar-refractivity contribution in [3.05, 3.63) is 64.2 Å². The lowest BCUT2D eigenvalue weighted by molar-refractivity contribution is -0.139. The first-order valence-electron chi connectivity index (χ1n) is 11.5. The summed E-state index contributed by atoms with van der Waals surface area (Å²) in [5, 5.41) is 21.7. The molecule has 0 saturated carbocycles. The molecule has 2 N–H and O–H groups in total. The highest BCUT2D eigenvalue weighted by atomic mass is 16.5. The molecule has 2 aromatic carbocycles. The highest BCUT2D eigenvalue weighted by Crippen LogP contribution is 2.41. The number of hydrogen-bond donors (Lipinski definition) is 2. The molecule has 1 amide bonds. The molecule has 7 nitrogen and oxygen atoms in total. The molecule has 1 heterocycles. The first-order chi connectivity index (χ1) is 16.0. The van der Waals surface area contributed by atoms with Gasteiger partial charge in [0.25, 0.3) is 11.7 Å². The fourth-order valence-electron chi connectivity index (χ4n) is 4.15. The van der Waals surface area contributed by atoms with E-state index in [1.54, 1.807) is 36.4 Å². The third kappa shape index (κ3) is 5.25. The Hall–Kier alpha value is -3.32. The van der Waals surface area contributed by atoms with Crippen LogP contribution in [0.1, 0.15) is 48.6 Å². The van der Waals surface area contributed by atoms with Crippen molar-refractivity contribution in [2.75, 3.05) is 27.2 Å². The van der Waals surface area contributed by atoms with Gasteiger partial charge >= 0.3 is 0 Å². The van der Waals surface area contributed by atoms with Crippen LogP contribution in [-0.2, 0) is 9.59 Å². The van der Waals surface area contributed by atoms with E-state index in [0.717, 1.165) is 17.7 Å². The normalized spacial score (nSPS) is 17.8. The van der Waals surface area contributed by atoms with Crippen LogP contribution in [0.4, 0.5) is 0 Å². The minimum atomic E-state index is -0.767. The van der Waals surface area contributed by atoms with Gasteiger partial charge in [-0.1, -0.05) is 12.1 Å². The van der Waals surface area contributed by atoms with Crippen molar-refractivity contribution in [2.45, 2.75) is 46.3 Å². The summed E-state index contributed by atoms with van der Waals surface area (Å²) in [5.41, 5.74) is 2.51. The summed E-state index contributed by atoms with van der Waals surface area (Å²) in [5.74, 6) is -1.25. The number of Topliss-reactive ketones (excluding diaryl/α,β-unsaturated/α-hetero) is 1. The molecule has 0 bridgehead atoms. The topological polar surface area (TPSA) is 90.3 Å². The summed E-state index contributed by atoms with van der Waals surface area (Å²) in [6, 6.07) is 9.62. The SMILES string of the molecule is Cc1cc(O)c(C(O)=C2C(=O)C(=O)N(CCCN(C)C)[C@@H]2c2ccc(OC(C)C)cc2)cc1C. The number of rotatable bonds is 8. The maximum atomic E-state index is 13.2. The zero-order valence-corrected chi connectivity index (χ0v) is 20.8. The summed E-state index contributed by atoms with van der Waals surface area (Å²) in [6.45, 7) is 8.68. The summed E-state index contributed by atoms with van der Waals surface area (Å²) in [7, 11) is 3.89. The minimum Gasteiger partial charge on any atom is -0.507 e. The van der Waals surface area contributed by atoms with Crippen LogP contribution in [0.2, 0.25) is 0 Å². The minimum absolute atomic E-state index is 0.00951. The highest BCUT2D eigenvalue weighted by molar-refractivity contribution is 6.46. The first kappa shape index (κ1) is 25.3. The Morgan fingerprint density at radius 2 is 1.71 bits per heavy atom. The molecule has 0 radical (unpaired) electrons. The fraction of sp³-hybridized carbons (Fsp3) is 0.407. The largest absolute Gasteiger partial charge is 0.507 e. The molecule has 2 aromatic rings. The van der Waals surface area contributed by atoms with Gasteiger partial charge in [-0.05, 0) is 95.7 Å². The van der Waals surface area contributed by atoms with E-state index in [0.29, 0.717) is 24.3 Å². The number of amides is 1. The molecular formula is C27H34N2O5. The van der Waals surface area contributed by atoms with Gasteiger partial charge in [0.1, 0.15) is 17.3 Å². The fourth-order valence-corrected chi connectivity index (χ4v) is 4.15. The van der Waals surface area contributed by atoms with Crippen LogP contribution in [-0.4, -0.2) is 65.0 Å². The molecule has 0 aromatic heterocycles. The zero-order chi connectivity index (χ0) is 25.2. The molecule has 34 heavy (non-hydrogen) atoms. The summed E-state index contributed by atoms with van der Waals surface area (Å²) < 4.78 is 5.73. The van der Waals surface area contributed by atoms with Crippen molar-refractivity contribution in [1.82, 2.24) is 9.80 Å². The number of hydrogen-bond acceptors (Lipinski definition) is 6. The monoisotopic (exact) mass is 466 g/mol. The third-order valence-electron chi connectivity index (χ3n) is 5.98. The van der Waals surface area contributed by atoms with E-state index in [-0.39, 0.29) is 28.7 Å². The number of aryl methyl sites for hydroxylation is 2. The number of likely N-dealkylation sites (tertiary alicyclic amines) is 1. The lowest BCUT2D eigenvalue weighted by Gasteiger charge is -2.26. The number of carbonyl (C=O) groups is 2. The smallest absolute Gasteiger partial charge is 0.295 e. The van der Waals surface area contributed by atoms with Crippen LogP contribution >= 0.6 is 0 Å². The van der Waals surface area contributed by atoms with Crippen molar-refractivity contribution >= 4 is 17.4 Å². The van der Waals surface area contributed by atoms with Crippen molar-refractivity contribution in [3.63, 3.8) is 0 Å². The van der Waals surface area contributed by atoms with Crippen LogP contribution < -0.4 is 4.74 Å². The molecule has 1 fully saturated rings. The number of aliphatic hydroxyl groups is 1. The molecular weight excluding hydrogens is 432 g/mol. The van der Waals surface area contributed by atoms with Gasteiger partial charge in [0.15, 0.2) is 0 Å². The number of nitrogens with zero attached hydrogens (tertiary/aromatic N) is 2. The molecule has 1 aliphatic heterocycles. The van der Waals surface area contributed by atoms with Gasteiger partial charge in [0.2, 0.25) is 0 Å². The summed E-state index contributed by atoms with van der Waals surface area (Å²) in [4.78, 5) is 29.7. The van der Waals surface area contributed by atoms with Gasteiger partial charge in [0.05, 0.1) is 23.3 Å². The van der Waals surface area contributed by atoms with Gasteiger partial charge in [-0.15, -0.1) is 0 Å². The summed E-state index contributed by atoms with van der Waals surface area (Å²) in [6.07, 6.45) is 0.676. The number of phenolic OH excluding ortho intramolecular Hbond substituents is 1. The summed E-state index contributed by atoms with van der Waals surface area (Å²) >= 11 is 0. The average Bonchev–Trinajstić information content (AvgIpc) is 3.01. The molecule has 1 aliphatic rings. The van der Waals surface area contributed by atoms with E-state index >= 15 is 0 Å². The lowest BCUT2D eigenvalue weighted by atomic mass is 9.93. The Bertz CT molecular complexity index is 1100. The number of ether oxygens (including phenoxy) is 1. The van der Waals surface area contributed by atoms with Gasteiger partial charge in [0, 0.05) is 6.54 Å². The molecule has 7 heteroatoms. The van der Waals surface area contributed by atoms with Crippen LogP contribution in [0.25, 0.3) is 5.76 Å². The highest BCUT2D eigenvalue weighted by Gasteiger charge is 2.46. The average molecular weight is 467 g/mol. The van der Waals surface area contributed by atoms with Crippen molar-refractivity contribution in [3.8, 4) is 11.5 Å². The number of aliphatic hydroxyl groups excluding tert-OH is 1. The van der Waals surface area contributed by atoms with E-state index in [1.165, 1.54) is 4.90 Å². The Morgan fingerprint density at radius 1 is 1.09 bits per heavy atom. The van der Waals surface area contributed by atoms with Crippen molar-refractivity contribution in [1.29, 1.82) is 0 Å². The van der Waals surface area contributed by atoms with Crippen molar-refractivity contribution < 1.29 is 24.5 Å². The standard InChI is InChI=1S/C27H34N2O5/c1-16(2)34-20-10-8-19(9-11-20)24-23(25(31)21-14-17(3)18(4)15-22(21)30)26(32)27(33)29(24)13-7-12-28(5)6/h8-11,14-16,24,30-31H,7,12-13H2,1-6H3/t24-/m1/s1. The Morgan fingerprint density at radius 3 is 2.29 bits per heavy atom. The van der Waals surface area contributed by atoms with Crippen molar-refractivity contribution in [2.24, 2.45) is 0 Å². The third-order valence-corrected chi connectivity index (χ3v) is 5.98. The maximum absolute atomic E-state index is 13.2. The lowest BCUT2D eigenvalue weighted by Crippen LogP contribution is -2.32. The molecule has 1 saturated heterocycles. The molecule has 0 spiro atoms. The van der Waals surface area contributed by atoms with Crippen LogP contribution in [0.3, 0.4) is 0 Å². The maximum Gasteiger partial charge on any atom is 0.295 e. The number of carbonyl (C=O) groups excluding carboxylic acids is 2. The van der Waals surface area contributed by atoms with Gasteiger partial charge in [-0.3, -0.25) is 9.59 Å². The van der Waals surface area contributed by atoms with E-state index in [1.807, 2.05) is 46.7 Å². The van der Waals surface area contributed by atoms with Crippen LogP contribution in [0, 0.1) is 13.8 Å².